The molecule has 2 heteroatoms. The molecule has 2 aliphatic rings. The molecule has 0 spiro atoms. The third-order valence-corrected chi connectivity index (χ3v) is 6.41. The van der Waals surface area contributed by atoms with Crippen molar-refractivity contribution in [1.82, 2.24) is 5.32 Å². The Morgan fingerprint density at radius 2 is 1.75 bits per heavy atom. The molecular formula is C18H29NS. The van der Waals surface area contributed by atoms with Crippen LogP contribution < -0.4 is 5.32 Å². The van der Waals surface area contributed by atoms with Gasteiger partial charge in [-0.2, -0.15) is 0 Å². The van der Waals surface area contributed by atoms with E-state index < -0.39 is 0 Å². The summed E-state index contributed by atoms with van der Waals surface area (Å²) in [5.41, 5.74) is 0. The van der Waals surface area contributed by atoms with E-state index >= 15 is 0 Å². The second kappa shape index (κ2) is 7.09. The molecule has 0 radical (unpaired) electrons. The van der Waals surface area contributed by atoms with Crippen LogP contribution in [0.5, 0.6) is 0 Å². The molecule has 0 bridgehead atoms. The fourth-order valence-electron chi connectivity index (χ4n) is 4.35. The Bertz CT molecular complexity index is 405. The van der Waals surface area contributed by atoms with Gasteiger partial charge in [0.25, 0.3) is 0 Å². The smallest absolute Gasteiger partial charge is 0.0302 e. The summed E-state index contributed by atoms with van der Waals surface area (Å²) in [5, 5.41) is 3.91. The van der Waals surface area contributed by atoms with Crippen molar-refractivity contribution >= 4 is 11.3 Å². The van der Waals surface area contributed by atoms with Gasteiger partial charge in [0.15, 0.2) is 0 Å². The van der Waals surface area contributed by atoms with Gasteiger partial charge in [0.2, 0.25) is 0 Å². The van der Waals surface area contributed by atoms with Crippen molar-refractivity contribution in [3.63, 3.8) is 0 Å². The molecule has 3 rings (SSSR count). The van der Waals surface area contributed by atoms with Gasteiger partial charge in [-0.1, -0.05) is 44.9 Å². The van der Waals surface area contributed by atoms with Gasteiger partial charge in [-0.05, 0) is 43.7 Å². The van der Waals surface area contributed by atoms with E-state index in [9.17, 15) is 0 Å². The summed E-state index contributed by atoms with van der Waals surface area (Å²) in [6.07, 6.45) is 13.2. The van der Waals surface area contributed by atoms with Crippen LogP contribution in [-0.2, 0) is 6.54 Å². The Kier molecular flexibility index (Phi) is 5.17. The minimum atomic E-state index is 0.786. The summed E-state index contributed by atoms with van der Waals surface area (Å²) in [6, 6.07) is 5.33. The van der Waals surface area contributed by atoms with Crippen LogP contribution >= 0.6 is 11.3 Å². The van der Waals surface area contributed by atoms with Crippen molar-refractivity contribution in [2.45, 2.75) is 77.3 Å². The molecule has 2 atom stereocenters. The van der Waals surface area contributed by atoms with Gasteiger partial charge in [0, 0.05) is 22.3 Å². The van der Waals surface area contributed by atoms with E-state index in [0.29, 0.717) is 0 Å². The highest BCUT2D eigenvalue weighted by atomic mass is 32.1. The number of hydrogen-bond acceptors (Lipinski definition) is 2. The minimum Gasteiger partial charge on any atom is -0.309 e. The average molecular weight is 292 g/mol. The topological polar surface area (TPSA) is 12.0 Å². The zero-order chi connectivity index (χ0) is 13.8. The van der Waals surface area contributed by atoms with Crippen LogP contribution in [0.1, 0.15) is 67.5 Å². The predicted octanol–water partition coefficient (Wildman–Crippen LogP) is 5.29. The van der Waals surface area contributed by atoms with Crippen molar-refractivity contribution in [3.05, 3.63) is 21.9 Å². The zero-order valence-electron chi connectivity index (χ0n) is 12.9. The fraction of sp³-hybridized carbons (Fsp3) is 0.778. The van der Waals surface area contributed by atoms with E-state index in [-0.39, 0.29) is 0 Å². The molecular weight excluding hydrogens is 262 g/mol. The highest BCUT2D eigenvalue weighted by molar-refractivity contribution is 7.11. The molecule has 1 heterocycles. The molecule has 0 saturated heterocycles. The van der Waals surface area contributed by atoms with E-state index in [1.54, 1.807) is 0 Å². The van der Waals surface area contributed by atoms with Gasteiger partial charge >= 0.3 is 0 Å². The van der Waals surface area contributed by atoms with Gasteiger partial charge in [-0.3, -0.25) is 0 Å². The van der Waals surface area contributed by atoms with Crippen molar-refractivity contribution in [2.75, 3.05) is 0 Å². The molecule has 0 amide bonds. The number of thiophene rings is 1. The molecule has 1 aromatic heterocycles. The van der Waals surface area contributed by atoms with E-state index in [4.69, 9.17) is 0 Å². The average Bonchev–Trinajstić information content (AvgIpc) is 2.92. The maximum absolute atomic E-state index is 3.91. The summed E-state index contributed by atoms with van der Waals surface area (Å²) >= 11 is 1.95. The predicted molar refractivity (Wildman–Crippen MR) is 88.2 cm³/mol. The molecule has 2 unspecified atom stereocenters. The molecule has 1 aromatic rings. The highest BCUT2D eigenvalue weighted by Gasteiger charge is 2.32. The Hall–Kier alpha value is -0.340. The first-order chi connectivity index (χ1) is 9.83. The van der Waals surface area contributed by atoms with Crippen LogP contribution in [0.3, 0.4) is 0 Å². The second-order valence-electron chi connectivity index (χ2n) is 6.85. The molecule has 2 saturated carbocycles. The lowest BCUT2D eigenvalue weighted by atomic mass is 9.71. The molecule has 0 aliphatic heterocycles. The van der Waals surface area contributed by atoms with Gasteiger partial charge in [-0.25, -0.2) is 0 Å². The first kappa shape index (κ1) is 14.6. The molecule has 0 aromatic carbocycles. The Morgan fingerprint density at radius 3 is 2.50 bits per heavy atom. The van der Waals surface area contributed by atoms with E-state index in [1.165, 1.54) is 67.5 Å². The lowest BCUT2D eigenvalue weighted by molar-refractivity contribution is 0.149. The van der Waals surface area contributed by atoms with Gasteiger partial charge < -0.3 is 5.32 Å². The summed E-state index contributed by atoms with van der Waals surface area (Å²) < 4.78 is 0. The Morgan fingerprint density at radius 1 is 1.00 bits per heavy atom. The van der Waals surface area contributed by atoms with Crippen molar-refractivity contribution < 1.29 is 0 Å². The van der Waals surface area contributed by atoms with Gasteiger partial charge in [0.05, 0.1) is 0 Å². The van der Waals surface area contributed by atoms with Crippen LogP contribution in [0.15, 0.2) is 12.1 Å². The quantitative estimate of drug-likeness (QED) is 0.795. The molecule has 2 fully saturated rings. The zero-order valence-corrected chi connectivity index (χ0v) is 13.7. The lowest BCUT2D eigenvalue weighted by Gasteiger charge is -2.39. The number of rotatable bonds is 4. The van der Waals surface area contributed by atoms with Crippen molar-refractivity contribution in [3.8, 4) is 0 Å². The molecule has 112 valence electrons. The molecule has 20 heavy (non-hydrogen) atoms. The first-order valence-corrected chi connectivity index (χ1v) is 9.43. The van der Waals surface area contributed by atoms with E-state index in [0.717, 1.165) is 24.4 Å². The maximum Gasteiger partial charge on any atom is 0.0302 e. The summed E-state index contributed by atoms with van der Waals surface area (Å²) in [5.74, 6) is 1.98. The van der Waals surface area contributed by atoms with E-state index in [2.05, 4.69) is 24.4 Å². The summed E-state index contributed by atoms with van der Waals surface area (Å²) in [4.78, 5) is 2.95. The summed E-state index contributed by atoms with van der Waals surface area (Å²) in [6.45, 7) is 3.30. The van der Waals surface area contributed by atoms with Crippen LogP contribution in [0, 0.1) is 18.8 Å². The monoisotopic (exact) mass is 291 g/mol. The fourth-order valence-corrected chi connectivity index (χ4v) is 5.19. The van der Waals surface area contributed by atoms with Crippen LogP contribution in [0.25, 0.3) is 0 Å². The van der Waals surface area contributed by atoms with E-state index in [1.807, 2.05) is 11.3 Å². The third-order valence-electron chi connectivity index (χ3n) is 5.41. The number of hydrogen-bond donors (Lipinski definition) is 1. The number of nitrogens with one attached hydrogen (secondary N) is 1. The Labute approximate surface area is 128 Å². The van der Waals surface area contributed by atoms with Crippen LogP contribution in [0.2, 0.25) is 0 Å². The highest BCUT2D eigenvalue weighted by Crippen LogP contribution is 2.38. The SMILES string of the molecule is Cc1ccc(CNC2CCCCC2C2CCCCC2)s1. The molecule has 1 nitrogen and oxygen atoms in total. The number of aryl methyl sites for hydroxylation is 1. The van der Waals surface area contributed by atoms with Crippen LogP contribution in [-0.4, -0.2) is 6.04 Å². The summed E-state index contributed by atoms with van der Waals surface area (Å²) in [7, 11) is 0. The lowest BCUT2D eigenvalue weighted by Crippen LogP contribution is -2.42. The maximum atomic E-state index is 3.91. The largest absolute Gasteiger partial charge is 0.309 e. The minimum absolute atomic E-state index is 0.786. The van der Waals surface area contributed by atoms with Crippen molar-refractivity contribution in [1.29, 1.82) is 0 Å². The molecule has 1 N–H and O–H groups in total. The first-order valence-electron chi connectivity index (χ1n) is 8.61. The second-order valence-corrected chi connectivity index (χ2v) is 8.22. The standard InChI is InChI=1S/C18H29NS/c1-14-11-12-16(20-14)13-19-18-10-6-5-9-17(18)15-7-3-2-4-8-15/h11-12,15,17-19H,2-10,13H2,1H3. The van der Waals surface area contributed by atoms with Crippen LogP contribution in [0.4, 0.5) is 0 Å². The van der Waals surface area contributed by atoms with Gasteiger partial charge in [-0.15, -0.1) is 11.3 Å². The molecule has 2 aliphatic carbocycles. The Balaban J connectivity index is 1.57. The third kappa shape index (κ3) is 3.65. The normalized spacial score (nSPS) is 28.6. The van der Waals surface area contributed by atoms with Crippen molar-refractivity contribution in [2.24, 2.45) is 11.8 Å². The van der Waals surface area contributed by atoms with Gasteiger partial charge in [0.1, 0.15) is 0 Å².